The van der Waals surface area contributed by atoms with Crippen molar-refractivity contribution in [2.75, 3.05) is 27.2 Å². The van der Waals surface area contributed by atoms with E-state index in [4.69, 9.17) is 9.15 Å². The van der Waals surface area contributed by atoms with Gasteiger partial charge in [-0.3, -0.25) is 0 Å². The normalized spacial score (nSPS) is 15.7. The quantitative estimate of drug-likeness (QED) is 0.599. The molecule has 1 aliphatic heterocycles. The van der Waals surface area contributed by atoms with Gasteiger partial charge in [0.25, 0.3) is 10.0 Å². The Morgan fingerprint density at radius 2 is 1.79 bits per heavy atom. The Morgan fingerprint density at radius 1 is 1.10 bits per heavy atom. The first-order valence-electron chi connectivity index (χ1n) is 8.91. The lowest BCUT2D eigenvalue weighted by atomic mass is 10.2. The van der Waals surface area contributed by atoms with Crippen molar-refractivity contribution in [2.24, 2.45) is 0 Å². The lowest BCUT2D eigenvalue weighted by Crippen LogP contribution is -2.28. The Hall–Kier alpha value is -2.21. The van der Waals surface area contributed by atoms with Gasteiger partial charge in [0.1, 0.15) is 12.4 Å². The smallest absolute Gasteiger partial charge is 0.338 e. The number of esters is 1. The number of nitrogens with zero attached hydrogens (tertiary/aromatic N) is 2. The summed E-state index contributed by atoms with van der Waals surface area (Å²) in [6, 6.07) is 8.33. The zero-order chi connectivity index (χ0) is 21.2. The average Bonchev–Trinajstić information content (AvgIpc) is 3.38. The van der Waals surface area contributed by atoms with Crippen LogP contribution in [0.1, 0.15) is 29.0 Å². The van der Waals surface area contributed by atoms with Crippen molar-refractivity contribution in [3.05, 3.63) is 47.7 Å². The number of hydrogen-bond acceptors (Lipinski definition) is 7. The maximum Gasteiger partial charge on any atom is 0.338 e. The summed E-state index contributed by atoms with van der Waals surface area (Å²) in [6.45, 7) is 0.645. The van der Waals surface area contributed by atoms with Crippen molar-refractivity contribution in [3.63, 3.8) is 0 Å². The molecule has 11 heteroatoms. The lowest BCUT2D eigenvalue weighted by Gasteiger charge is -2.15. The van der Waals surface area contributed by atoms with Gasteiger partial charge in [0.2, 0.25) is 15.1 Å². The fourth-order valence-corrected chi connectivity index (χ4v) is 5.21. The molecule has 1 aromatic heterocycles. The van der Waals surface area contributed by atoms with Gasteiger partial charge in [-0.1, -0.05) is 6.07 Å². The molecule has 0 bridgehead atoms. The average molecular weight is 443 g/mol. The van der Waals surface area contributed by atoms with Crippen LogP contribution in [0.25, 0.3) is 0 Å². The minimum absolute atomic E-state index is 0.0335. The molecular weight excluding hydrogens is 420 g/mol. The summed E-state index contributed by atoms with van der Waals surface area (Å²) in [6.07, 6.45) is 1.63. The molecule has 2 heterocycles. The summed E-state index contributed by atoms with van der Waals surface area (Å²) in [5, 5.41) is -0.257. The maximum atomic E-state index is 12.6. The van der Waals surface area contributed by atoms with Gasteiger partial charge in [0, 0.05) is 27.2 Å². The predicted molar refractivity (Wildman–Crippen MR) is 103 cm³/mol. The van der Waals surface area contributed by atoms with Crippen LogP contribution in [-0.2, 0) is 31.4 Å². The second kappa shape index (κ2) is 8.27. The fraction of sp³-hybridized carbons (Fsp3) is 0.389. The van der Waals surface area contributed by atoms with E-state index in [1.165, 1.54) is 54.8 Å². The molecule has 29 heavy (non-hydrogen) atoms. The minimum Gasteiger partial charge on any atom is -0.454 e. The number of benzene rings is 1. The number of hydrogen-bond donors (Lipinski definition) is 0. The summed E-state index contributed by atoms with van der Waals surface area (Å²) in [7, 11) is -4.62. The third kappa shape index (κ3) is 4.53. The molecule has 1 fully saturated rings. The van der Waals surface area contributed by atoms with Crippen LogP contribution < -0.4 is 0 Å². The number of furan rings is 1. The second-order valence-electron chi connectivity index (χ2n) is 6.72. The first-order chi connectivity index (χ1) is 13.6. The highest BCUT2D eigenvalue weighted by molar-refractivity contribution is 7.89. The van der Waals surface area contributed by atoms with E-state index in [9.17, 15) is 21.6 Å². The first kappa shape index (κ1) is 21.5. The highest BCUT2D eigenvalue weighted by Gasteiger charge is 2.28. The molecule has 0 spiro atoms. The standard InChI is InChI=1S/C18H22N2O7S2/c1-19(2)29(24,25)17-9-8-15(27-17)13-26-18(21)14-6-5-7-16(12-14)28(22,23)20-10-3-4-11-20/h5-9,12H,3-4,10-11,13H2,1-2H3. The van der Waals surface area contributed by atoms with Gasteiger partial charge in [-0.25, -0.2) is 25.9 Å². The van der Waals surface area contributed by atoms with Crippen LogP contribution in [0.3, 0.4) is 0 Å². The minimum atomic E-state index is -3.72. The number of rotatable bonds is 7. The van der Waals surface area contributed by atoms with Crippen molar-refractivity contribution >= 4 is 26.0 Å². The molecule has 0 unspecified atom stereocenters. The van der Waals surface area contributed by atoms with Gasteiger partial charge in [-0.15, -0.1) is 0 Å². The molecule has 1 aromatic carbocycles. The molecule has 1 aliphatic rings. The van der Waals surface area contributed by atoms with E-state index in [-0.39, 0.29) is 27.9 Å². The SMILES string of the molecule is CN(C)S(=O)(=O)c1ccc(COC(=O)c2cccc(S(=O)(=O)N3CCCC3)c2)o1. The van der Waals surface area contributed by atoms with E-state index in [1.54, 1.807) is 0 Å². The Labute approximate surface area is 170 Å². The Kier molecular flexibility index (Phi) is 6.13. The monoisotopic (exact) mass is 442 g/mol. The van der Waals surface area contributed by atoms with Gasteiger partial charge in [-0.2, -0.15) is 4.31 Å². The van der Waals surface area contributed by atoms with Crippen molar-refractivity contribution < 1.29 is 30.8 Å². The zero-order valence-electron chi connectivity index (χ0n) is 16.1. The van der Waals surface area contributed by atoms with Crippen LogP contribution in [0, 0.1) is 0 Å². The van der Waals surface area contributed by atoms with Crippen molar-refractivity contribution in [1.29, 1.82) is 0 Å². The van der Waals surface area contributed by atoms with Crippen LogP contribution in [0.2, 0.25) is 0 Å². The highest BCUT2D eigenvalue weighted by Crippen LogP contribution is 2.22. The number of carbonyl (C=O) groups is 1. The topological polar surface area (TPSA) is 114 Å². The van der Waals surface area contributed by atoms with Crippen molar-refractivity contribution in [3.8, 4) is 0 Å². The Balaban J connectivity index is 1.70. The van der Waals surface area contributed by atoms with Crippen LogP contribution in [0.15, 0.2) is 50.8 Å². The van der Waals surface area contributed by atoms with E-state index < -0.39 is 26.0 Å². The van der Waals surface area contributed by atoms with E-state index in [1.807, 2.05) is 0 Å². The molecule has 158 valence electrons. The predicted octanol–water partition coefficient (Wildman–Crippen LogP) is 1.67. The third-order valence-corrected chi connectivity index (χ3v) is 8.07. The van der Waals surface area contributed by atoms with E-state index in [2.05, 4.69) is 0 Å². The molecule has 2 aromatic rings. The third-order valence-electron chi connectivity index (χ3n) is 4.49. The van der Waals surface area contributed by atoms with Crippen molar-refractivity contribution in [2.45, 2.75) is 29.4 Å². The largest absolute Gasteiger partial charge is 0.454 e. The fourth-order valence-electron chi connectivity index (χ4n) is 2.84. The molecule has 9 nitrogen and oxygen atoms in total. The summed E-state index contributed by atoms with van der Waals surface area (Å²) in [5.41, 5.74) is 0.0814. The number of sulfonamides is 2. The summed E-state index contributed by atoms with van der Waals surface area (Å²) >= 11 is 0. The van der Waals surface area contributed by atoms with E-state index >= 15 is 0 Å². The molecule has 0 N–H and O–H groups in total. The van der Waals surface area contributed by atoms with Crippen LogP contribution in [0.5, 0.6) is 0 Å². The summed E-state index contributed by atoms with van der Waals surface area (Å²) in [5.74, 6) is -0.587. The lowest BCUT2D eigenvalue weighted by molar-refractivity contribution is 0.0440. The molecular formula is C18H22N2O7S2. The van der Waals surface area contributed by atoms with Crippen LogP contribution in [-0.4, -0.2) is 58.6 Å². The molecule has 1 saturated heterocycles. The van der Waals surface area contributed by atoms with Gasteiger partial charge in [0.05, 0.1) is 10.5 Å². The van der Waals surface area contributed by atoms with Gasteiger partial charge in [-0.05, 0) is 43.2 Å². The van der Waals surface area contributed by atoms with Gasteiger partial charge < -0.3 is 9.15 Å². The number of ether oxygens (including phenoxy) is 1. The molecule has 0 atom stereocenters. The highest BCUT2D eigenvalue weighted by atomic mass is 32.2. The molecule has 0 saturated carbocycles. The molecule has 0 amide bonds. The first-order valence-corrected chi connectivity index (χ1v) is 11.8. The molecule has 0 aliphatic carbocycles. The van der Waals surface area contributed by atoms with Gasteiger partial charge >= 0.3 is 5.97 Å². The molecule has 3 rings (SSSR count). The van der Waals surface area contributed by atoms with Crippen LogP contribution in [0.4, 0.5) is 0 Å². The summed E-state index contributed by atoms with van der Waals surface area (Å²) in [4.78, 5) is 12.4. The second-order valence-corrected chi connectivity index (χ2v) is 10.7. The summed E-state index contributed by atoms with van der Waals surface area (Å²) < 4.78 is 62.1. The zero-order valence-corrected chi connectivity index (χ0v) is 17.7. The maximum absolute atomic E-state index is 12.6. The Bertz CT molecular complexity index is 1100. The van der Waals surface area contributed by atoms with Crippen molar-refractivity contribution in [1.82, 2.24) is 8.61 Å². The van der Waals surface area contributed by atoms with E-state index in [0.29, 0.717) is 13.1 Å². The van der Waals surface area contributed by atoms with Crippen LogP contribution >= 0.6 is 0 Å². The van der Waals surface area contributed by atoms with Gasteiger partial charge in [0.15, 0.2) is 0 Å². The van der Waals surface area contributed by atoms with E-state index in [0.717, 1.165) is 17.1 Å². The molecule has 0 radical (unpaired) electrons. The Morgan fingerprint density at radius 3 is 2.45 bits per heavy atom. The number of carbonyl (C=O) groups excluding carboxylic acids is 1.